The van der Waals surface area contributed by atoms with Crippen molar-refractivity contribution < 1.29 is 19.7 Å². The highest BCUT2D eigenvalue weighted by Gasteiger charge is 2.29. The predicted octanol–water partition coefficient (Wildman–Crippen LogP) is 8.43. The Kier molecular flexibility index (Phi) is 8.53. The number of aliphatic hydroxyl groups is 2. The molecule has 0 aliphatic heterocycles. The van der Waals surface area contributed by atoms with Gasteiger partial charge in [-0.05, 0) is 89.4 Å². The summed E-state index contributed by atoms with van der Waals surface area (Å²) in [7, 11) is 0. The SMILES string of the molecule is CC(=O)Oc1c(C(C)(C)C)cc(-c2ccc3c(C#CC(C)(C)O)c4ccccc4c(C#CC(C)(C)O)c3c2)cc1C(C)(C)C. The fraction of sp³-hybridized carbons (Fsp3) is 0.375. The molecule has 0 spiro atoms. The lowest BCUT2D eigenvalue weighted by Crippen LogP contribution is -2.21. The molecule has 4 heteroatoms. The van der Waals surface area contributed by atoms with Crippen LogP contribution >= 0.6 is 0 Å². The first-order valence-electron chi connectivity index (χ1n) is 15.0. The van der Waals surface area contributed by atoms with Gasteiger partial charge in [-0.3, -0.25) is 4.79 Å². The van der Waals surface area contributed by atoms with Crippen LogP contribution in [0.4, 0.5) is 0 Å². The zero-order valence-corrected chi connectivity index (χ0v) is 27.9. The number of rotatable bonds is 2. The lowest BCUT2D eigenvalue weighted by molar-refractivity contribution is -0.132. The third-order valence-corrected chi connectivity index (χ3v) is 7.29. The molecule has 0 amide bonds. The van der Waals surface area contributed by atoms with Crippen molar-refractivity contribution >= 4 is 27.5 Å². The molecule has 4 aromatic rings. The van der Waals surface area contributed by atoms with Crippen LogP contribution in [0.2, 0.25) is 0 Å². The quantitative estimate of drug-likeness (QED) is 0.107. The van der Waals surface area contributed by atoms with Crippen LogP contribution in [0.25, 0.3) is 32.7 Å². The van der Waals surface area contributed by atoms with Crippen LogP contribution in [0.3, 0.4) is 0 Å². The van der Waals surface area contributed by atoms with Crippen LogP contribution in [0, 0.1) is 23.7 Å². The smallest absolute Gasteiger partial charge is 0.308 e. The summed E-state index contributed by atoms with van der Waals surface area (Å²) in [6.07, 6.45) is 0. The highest BCUT2D eigenvalue weighted by atomic mass is 16.5. The minimum atomic E-state index is -1.18. The Hall–Kier alpha value is -4.09. The number of benzene rings is 4. The van der Waals surface area contributed by atoms with Crippen LogP contribution in [0.15, 0.2) is 54.6 Å². The topological polar surface area (TPSA) is 66.8 Å². The summed E-state index contributed by atoms with van der Waals surface area (Å²) < 4.78 is 5.88. The van der Waals surface area contributed by atoms with Crippen LogP contribution in [0.5, 0.6) is 5.75 Å². The molecule has 4 rings (SSSR count). The van der Waals surface area contributed by atoms with E-state index in [4.69, 9.17) is 4.74 Å². The Morgan fingerprint density at radius 2 is 1.05 bits per heavy atom. The molecule has 0 aliphatic rings. The molecule has 0 atom stereocenters. The van der Waals surface area contributed by atoms with E-state index in [1.807, 2.05) is 24.3 Å². The molecule has 2 N–H and O–H groups in total. The first-order chi connectivity index (χ1) is 20.2. The average Bonchev–Trinajstić information content (AvgIpc) is 2.87. The molecule has 0 unspecified atom stereocenters. The van der Waals surface area contributed by atoms with E-state index in [1.54, 1.807) is 27.7 Å². The first-order valence-corrected chi connectivity index (χ1v) is 15.0. The van der Waals surface area contributed by atoms with Crippen LogP contribution in [-0.2, 0) is 15.6 Å². The fourth-order valence-corrected chi connectivity index (χ4v) is 5.22. The standard InChI is InChI=1S/C40H44O4/c1-25(41)44-36-34(37(2,3)4)23-27(24-35(36)38(5,6)7)26-16-17-30-31(18-20-39(8,9)42)28-14-12-13-15-29(28)32(33(30)22-26)19-21-40(10,11)43/h12-17,22-24,42-43H,1-11H3. The maximum Gasteiger partial charge on any atom is 0.308 e. The summed E-state index contributed by atoms with van der Waals surface area (Å²) >= 11 is 0. The molecular weight excluding hydrogens is 544 g/mol. The highest BCUT2D eigenvalue weighted by Crippen LogP contribution is 2.44. The van der Waals surface area contributed by atoms with Crippen molar-refractivity contribution in [3.05, 3.63) is 76.9 Å². The van der Waals surface area contributed by atoms with E-state index in [0.717, 1.165) is 54.9 Å². The Balaban J connectivity index is 2.17. The molecule has 0 aliphatic carbocycles. The molecule has 0 fully saturated rings. The second-order valence-electron chi connectivity index (χ2n) is 14.7. The maximum absolute atomic E-state index is 12.2. The number of esters is 1. The van der Waals surface area contributed by atoms with Crippen molar-refractivity contribution in [2.24, 2.45) is 0 Å². The fourth-order valence-electron chi connectivity index (χ4n) is 5.22. The molecule has 44 heavy (non-hydrogen) atoms. The van der Waals surface area contributed by atoms with E-state index in [9.17, 15) is 15.0 Å². The summed E-state index contributed by atoms with van der Waals surface area (Å²) in [4.78, 5) is 12.2. The largest absolute Gasteiger partial charge is 0.426 e. The number of carbonyl (C=O) groups is 1. The normalized spacial score (nSPS) is 12.4. The molecule has 0 saturated carbocycles. The molecule has 0 bridgehead atoms. The van der Waals surface area contributed by atoms with Gasteiger partial charge in [0, 0.05) is 29.2 Å². The van der Waals surface area contributed by atoms with E-state index in [2.05, 4.69) is 95.6 Å². The number of carbonyl (C=O) groups excluding carboxylic acids is 1. The van der Waals surface area contributed by atoms with E-state index in [-0.39, 0.29) is 16.8 Å². The number of ether oxygens (including phenoxy) is 1. The van der Waals surface area contributed by atoms with Gasteiger partial charge < -0.3 is 14.9 Å². The average molecular weight is 589 g/mol. The van der Waals surface area contributed by atoms with Gasteiger partial charge in [0.05, 0.1) is 0 Å². The van der Waals surface area contributed by atoms with Gasteiger partial charge in [-0.2, -0.15) is 0 Å². The summed E-state index contributed by atoms with van der Waals surface area (Å²) in [5.41, 5.74) is 2.56. The number of hydrogen-bond donors (Lipinski definition) is 2. The Labute approximate surface area is 262 Å². The third-order valence-electron chi connectivity index (χ3n) is 7.29. The first kappa shape index (κ1) is 32.8. The minimum absolute atomic E-state index is 0.295. The summed E-state index contributed by atoms with van der Waals surface area (Å²) in [5, 5.41) is 24.6. The molecular formula is C40H44O4. The zero-order chi connectivity index (χ0) is 32.8. The van der Waals surface area contributed by atoms with Gasteiger partial charge >= 0.3 is 5.97 Å². The van der Waals surface area contributed by atoms with Gasteiger partial charge in [-0.1, -0.05) is 102 Å². The van der Waals surface area contributed by atoms with Gasteiger partial charge in [0.25, 0.3) is 0 Å². The van der Waals surface area contributed by atoms with Crippen molar-refractivity contribution in [3.63, 3.8) is 0 Å². The summed E-state index contributed by atoms with van der Waals surface area (Å²) in [6.45, 7) is 20.9. The van der Waals surface area contributed by atoms with Gasteiger partial charge in [0.2, 0.25) is 0 Å². The second-order valence-corrected chi connectivity index (χ2v) is 14.7. The number of fused-ring (bicyclic) bond motifs is 2. The minimum Gasteiger partial charge on any atom is -0.426 e. The Morgan fingerprint density at radius 3 is 1.45 bits per heavy atom. The van der Waals surface area contributed by atoms with E-state index in [0.29, 0.717) is 5.75 Å². The van der Waals surface area contributed by atoms with E-state index in [1.165, 1.54) is 6.92 Å². The molecule has 0 saturated heterocycles. The summed E-state index contributed by atoms with van der Waals surface area (Å²) in [6, 6.07) is 18.5. The summed E-state index contributed by atoms with van der Waals surface area (Å²) in [5.74, 6) is 12.9. The third kappa shape index (κ3) is 7.34. The Bertz CT molecular complexity index is 1860. The van der Waals surface area contributed by atoms with Gasteiger partial charge in [0.15, 0.2) is 0 Å². The van der Waals surface area contributed by atoms with Crippen molar-refractivity contribution in [2.75, 3.05) is 0 Å². The van der Waals surface area contributed by atoms with Crippen LogP contribution in [-0.4, -0.2) is 27.4 Å². The van der Waals surface area contributed by atoms with E-state index < -0.39 is 11.2 Å². The molecule has 0 aromatic heterocycles. The molecule has 4 aromatic carbocycles. The predicted molar refractivity (Wildman–Crippen MR) is 182 cm³/mol. The molecule has 0 heterocycles. The van der Waals surface area contributed by atoms with Gasteiger partial charge in [-0.15, -0.1) is 0 Å². The molecule has 0 radical (unpaired) electrons. The van der Waals surface area contributed by atoms with Crippen LogP contribution in [0.1, 0.15) is 98.4 Å². The molecule has 228 valence electrons. The lowest BCUT2D eigenvalue weighted by Gasteiger charge is -2.30. The zero-order valence-electron chi connectivity index (χ0n) is 27.9. The number of hydrogen-bond acceptors (Lipinski definition) is 4. The van der Waals surface area contributed by atoms with Gasteiger partial charge in [-0.25, -0.2) is 0 Å². The highest BCUT2D eigenvalue weighted by molar-refractivity contribution is 6.10. The molecule has 4 nitrogen and oxygen atoms in total. The van der Waals surface area contributed by atoms with Gasteiger partial charge in [0.1, 0.15) is 17.0 Å². The second kappa shape index (κ2) is 11.4. The van der Waals surface area contributed by atoms with Crippen molar-refractivity contribution in [1.82, 2.24) is 0 Å². The maximum atomic E-state index is 12.2. The van der Waals surface area contributed by atoms with Crippen LogP contribution < -0.4 is 4.74 Å². The lowest BCUT2D eigenvalue weighted by atomic mass is 9.77. The monoisotopic (exact) mass is 588 g/mol. The van der Waals surface area contributed by atoms with Crippen molar-refractivity contribution in [3.8, 4) is 40.6 Å². The van der Waals surface area contributed by atoms with Crippen molar-refractivity contribution in [2.45, 2.75) is 98.2 Å². The van der Waals surface area contributed by atoms with Crippen molar-refractivity contribution in [1.29, 1.82) is 0 Å². The Morgan fingerprint density at radius 1 is 0.614 bits per heavy atom. The van der Waals surface area contributed by atoms with E-state index >= 15 is 0 Å².